The van der Waals surface area contributed by atoms with E-state index in [2.05, 4.69) is 40.3 Å². The summed E-state index contributed by atoms with van der Waals surface area (Å²) in [5.41, 5.74) is 2.56. The molecule has 1 N–H and O–H groups in total. The Bertz CT molecular complexity index is 884. The van der Waals surface area contributed by atoms with Crippen molar-refractivity contribution in [2.45, 2.75) is 26.1 Å². The van der Waals surface area contributed by atoms with E-state index in [9.17, 15) is 4.39 Å². The molecule has 0 radical (unpaired) electrons. The normalized spacial score (nSPS) is 12.0. The molecule has 0 heterocycles. The molecule has 0 amide bonds. The van der Waals surface area contributed by atoms with Crippen molar-refractivity contribution in [2.24, 2.45) is 0 Å². The van der Waals surface area contributed by atoms with Crippen molar-refractivity contribution in [1.29, 1.82) is 0 Å². The summed E-state index contributed by atoms with van der Waals surface area (Å²) in [4.78, 5) is 0. The van der Waals surface area contributed by atoms with Crippen LogP contribution in [0.3, 0.4) is 0 Å². The molecule has 0 aliphatic rings. The SMILES string of the molecule is C[C@H](NCc1cc(Br)ccc1OCc1c(F)cccc1Cl)c1ccccc1. The van der Waals surface area contributed by atoms with Gasteiger partial charge in [-0.15, -0.1) is 0 Å². The van der Waals surface area contributed by atoms with Gasteiger partial charge in [0, 0.05) is 28.2 Å². The lowest BCUT2D eigenvalue weighted by Crippen LogP contribution is -2.18. The van der Waals surface area contributed by atoms with Crippen molar-refractivity contribution in [3.8, 4) is 5.75 Å². The molecule has 140 valence electrons. The van der Waals surface area contributed by atoms with Crippen LogP contribution in [0.5, 0.6) is 5.75 Å². The largest absolute Gasteiger partial charge is 0.488 e. The minimum absolute atomic E-state index is 0.0778. The van der Waals surface area contributed by atoms with E-state index in [1.54, 1.807) is 12.1 Å². The molecule has 0 saturated heterocycles. The summed E-state index contributed by atoms with van der Waals surface area (Å²) >= 11 is 9.59. The monoisotopic (exact) mass is 447 g/mol. The molecule has 0 aliphatic heterocycles. The maximum Gasteiger partial charge on any atom is 0.131 e. The fourth-order valence-electron chi connectivity index (χ4n) is 2.77. The average molecular weight is 449 g/mol. The second-order valence-electron chi connectivity index (χ2n) is 6.25. The van der Waals surface area contributed by atoms with Gasteiger partial charge in [0.2, 0.25) is 0 Å². The Labute approximate surface area is 172 Å². The molecule has 3 rings (SSSR count). The van der Waals surface area contributed by atoms with Crippen LogP contribution in [0.15, 0.2) is 71.2 Å². The zero-order valence-electron chi connectivity index (χ0n) is 14.9. The zero-order chi connectivity index (χ0) is 19.2. The van der Waals surface area contributed by atoms with Crippen LogP contribution >= 0.6 is 27.5 Å². The van der Waals surface area contributed by atoms with Gasteiger partial charge in [-0.25, -0.2) is 4.39 Å². The highest BCUT2D eigenvalue weighted by molar-refractivity contribution is 9.10. The van der Waals surface area contributed by atoms with Crippen LogP contribution in [-0.2, 0) is 13.2 Å². The molecule has 0 bridgehead atoms. The summed E-state index contributed by atoms with van der Waals surface area (Å²) in [6.07, 6.45) is 0. The van der Waals surface area contributed by atoms with Gasteiger partial charge < -0.3 is 10.1 Å². The van der Waals surface area contributed by atoms with Crippen LogP contribution in [0, 0.1) is 5.82 Å². The van der Waals surface area contributed by atoms with Crippen molar-refractivity contribution >= 4 is 27.5 Å². The Hall–Kier alpha value is -1.88. The standard InChI is InChI=1S/C22H20BrClFNO/c1-15(16-6-3-2-4-7-16)26-13-17-12-18(23)10-11-22(17)27-14-19-20(24)8-5-9-21(19)25/h2-12,15,26H,13-14H2,1H3/t15-/m0/s1. The summed E-state index contributed by atoms with van der Waals surface area (Å²) < 4.78 is 20.8. The van der Waals surface area contributed by atoms with Crippen molar-refractivity contribution in [3.63, 3.8) is 0 Å². The van der Waals surface area contributed by atoms with Gasteiger partial charge in [-0.3, -0.25) is 0 Å². The predicted octanol–water partition coefficient (Wildman–Crippen LogP) is 6.67. The summed E-state index contributed by atoms with van der Waals surface area (Å²) in [6.45, 7) is 2.82. The lowest BCUT2D eigenvalue weighted by Gasteiger charge is -2.17. The molecule has 2 nitrogen and oxygen atoms in total. The quantitative estimate of drug-likeness (QED) is 0.436. The number of hydrogen-bond donors (Lipinski definition) is 1. The second-order valence-corrected chi connectivity index (χ2v) is 7.58. The average Bonchev–Trinajstić information content (AvgIpc) is 2.67. The molecule has 1 atom stereocenters. The van der Waals surface area contributed by atoms with Crippen molar-refractivity contribution < 1.29 is 9.13 Å². The first-order valence-corrected chi connectivity index (χ1v) is 9.84. The molecule has 0 aromatic heterocycles. The number of rotatable bonds is 7. The Balaban J connectivity index is 1.71. The van der Waals surface area contributed by atoms with Crippen LogP contribution in [-0.4, -0.2) is 0 Å². The molecule has 0 spiro atoms. The van der Waals surface area contributed by atoms with Gasteiger partial charge in [-0.2, -0.15) is 0 Å². The third kappa shape index (κ3) is 5.32. The number of nitrogens with one attached hydrogen (secondary N) is 1. The van der Waals surface area contributed by atoms with Crippen LogP contribution in [0.25, 0.3) is 0 Å². The number of ether oxygens (including phenoxy) is 1. The minimum atomic E-state index is -0.364. The van der Waals surface area contributed by atoms with Crippen LogP contribution in [0.2, 0.25) is 5.02 Å². The molecule has 3 aromatic carbocycles. The summed E-state index contributed by atoms with van der Waals surface area (Å²) in [6, 6.07) is 20.9. The highest BCUT2D eigenvalue weighted by atomic mass is 79.9. The van der Waals surface area contributed by atoms with Gasteiger partial charge in [0.05, 0.1) is 5.02 Å². The van der Waals surface area contributed by atoms with Crippen molar-refractivity contribution in [1.82, 2.24) is 5.32 Å². The molecular formula is C22H20BrClFNO. The maximum atomic E-state index is 14.0. The summed E-state index contributed by atoms with van der Waals surface area (Å²) in [5.74, 6) is 0.335. The Morgan fingerprint density at radius 1 is 1.07 bits per heavy atom. The molecule has 0 fully saturated rings. The Kier molecular flexibility index (Phi) is 6.89. The zero-order valence-corrected chi connectivity index (χ0v) is 17.2. The van der Waals surface area contributed by atoms with Gasteiger partial charge in [0.25, 0.3) is 0 Å². The fraction of sp³-hybridized carbons (Fsp3) is 0.182. The van der Waals surface area contributed by atoms with Gasteiger partial charge in [-0.1, -0.05) is 63.9 Å². The predicted molar refractivity (Wildman–Crippen MR) is 112 cm³/mol. The van der Waals surface area contributed by atoms with E-state index in [0.29, 0.717) is 22.9 Å². The number of hydrogen-bond acceptors (Lipinski definition) is 2. The van der Waals surface area contributed by atoms with Gasteiger partial charge >= 0.3 is 0 Å². The van der Waals surface area contributed by atoms with Crippen LogP contribution < -0.4 is 10.1 Å². The third-order valence-corrected chi connectivity index (χ3v) is 5.20. The van der Waals surface area contributed by atoms with Gasteiger partial charge in [0.1, 0.15) is 18.2 Å². The smallest absolute Gasteiger partial charge is 0.131 e. The highest BCUT2D eigenvalue weighted by Crippen LogP contribution is 2.27. The molecule has 3 aromatic rings. The van der Waals surface area contributed by atoms with Crippen LogP contribution in [0.1, 0.15) is 29.7 Å². The van der Waals surface area contributed by atoms with Crippen LogP contribution in [0.4, 0.5) is 4.39 Å². The maximum absolute atomic E-state index is 14.0. The molecule has 0 saturated carbocycles. The molecule has 27 heavy (non-hydrogen) atoms. The second kappa shape index (κ2) is 9.36. The Morgan fingerprint density at radius 3 is 2.59 bits per heavy atom. The lowest BCUT2D eigenvalue weighted by molar-refractivity contribution is 0.295. The lowest BCUT2D eigenvalue weighted by atomic mass is 10.1. The molecule has 5 heteroatoms. The van der Waals surface area contributed by atoms with E-state index in [1.807, 2.05) is 36.4 Å². The van der Waals surface area contributed by atoms with Crippen molar-refractivity contribution in [3.05, 3.63) is 98.7 Å². The summed E-state index contributed by atoms with van der Waals surface area (Å²) in [7, 11) is 0. The van der Waals surface area contributed by atoms with Gasteiger partial charge in [-0.05, 0) is 42.8 Å². The molecular weight excluding hydrogens is 429 g/mol. The highest BCUT2D eigenvalue weighted by Gasteiger charge is 2.11. The fourth-order valence-corrected chi connectivity index (χ4v) is 3.40. The van der Waals surface area contributed by atoms with E-state index in [1.165, 1.54) is 11.6 Å². The number of halogens is 3. The third-order valence-electron chi connectivity index (χ3n) is 4.35. The van der Waals surface area contributed by atoms with E-state index >= 15 is 0 Å². The Morgan fingerprint density at radius 2 is 1.85 bits per heavy atom. The van der Waals surface area contributed by atoms with E-state index < -0.39 is 0 Å². The molecule has 0 unspecified atom stereocenters. The minimum Gasteiger partial charge on any atom is -0.488 e. The van der Waals surface area contributed by atoms with E-state index in [4.69, 9.17) is 16.3 Å². The first kappa shape index (κ1) is 19.9. The number of benzene rings is 3. The van der Waals surface area contributed by atoms with Gasteiger partial charge in [0.15, 0.2) is 0 Å². The van der Waals surface area contributed by atoms with E-state index in [-0.39, 0.29) is 18.5 Å². The first-order chi connectivity index (χ1) is 13.0. The van der Waals surface area contributed by atoms with Crippen molar-refractivity contribution in [2.75, 3.05) is 0 Å². The summed E-state index contributed by atoms with van der Waals surface area (Å²) in [5, 5.41) is 3.87. The topological polar surface area (TPSA) is 21.3 Å². The van der Waals surface area contributed by atoms with E-state index in [0.717, 1.165) is 10.0 Å². The first-order valence-electron chi connectivity index (χ1n) is 8.67. The molecule has 0 aliphatic carbocycles.